The number of hydrogen-bond acceptors (Lipinski definition) is 4. The first-order valence-electron chi connectivity index (χ1n) is 11.7. The molecule has 2 amide bonds. The van der Waals surface area contributed by atoms with E-state index in [2.05, 4.69) is 4.90 Å². The number of halogens is 1. The van der Waals surface area contributed by atoms with E-state index >= 15 is 0 Å². The van der Waals surface area contributed by atoms with Crippen molar-refractivity contribution < 1.29 is 19.1 Å². The number of carbonyl (C=O) groups excluding carboxylic acids is 2. The summed E-state index contributed by atoms with van der Waals surface area (Å²) >= 11 is 0. The third-order valence-electron chi connectivity index (χ3n) is 7.25. The van der Waals surface area contributed by atoms with Crippen LogP contribution in [0.4, 0.5) is 4.39 Å². The van der Waals surface area contributed by atoms with Crippen molar-refractivity contribution in [1.82, 2.24) is 9.80 Å². The van der Waals surface area contributed by atoms with E-state index in [-0.39, 0.29) is 17.6 Å². The van der Waals surface area contributed by atoms with Gasteiger partial charge in [-0.05, 0) is 67.3 Å². The van der Waals surface area contributed by atoms with E-state index < -0.39 is 6.61 Å². The summed E-state index contributed by atoms with van der Waals surface area (Å²) in [5.74, 6) is -0.620. The van der Waals surface area contributed by atoms with Gasteiger partial charge in [-0.1, -0.05) is 30.3 Å². The SMILES string of the molecule is NC(=O)c1ccccc1C1CC2CCC(C1)N2CCN(CCc1ccc(F)cc1)C(=O)CO. The Hall–Kier alpha value is -2.77. The summed E-state index contributed by atoms with van der Waals surface area (Å²) in [5.41, 5.74) is 8.24. The molecule has 4 rings (SSSR count). The van der Waals surface area contributed by atoms with Crippen molar-refractivity contribution >= 4 is 11.8 Å². The van der Waals surface area contributed by atoms with Crippen molar-refractivity contribution in [3.63, 3.8) is 0 Å². The lowest BCUT2D eigenvalue weighted by molar-refractivity contribution is -0.134. The first kappa shape index (κ1) is 23.4. The van der Waals surface area contributed by atoms with Crippen LogP contribution in [0.1, 0.15) is 53.1 Å². The topological polar surface area (TPSA) is 86.9 Å². The van der Waals surface area contributed by atoms with Crippen molar-refractivity contribution in [2.24, 2.45) is 5.73 Å². The van der Waals surface area contributed by atoms with Gasteiger partial charge in [0, 0.05) is 37.3 Å². The Morgan fingerprint density at radius 1 is 1.03 bits per heavy atom. The lowest BCUT2D eigenvalue weighted by atomic mass is 9.82. The molecule has 2 aromatic carbocycles. The number of amides is 2. The quantitative estimate of drug-likeness (QED) is 0.611. The number of primary amides is 1. The molecule has 176 valence electrons. The van der Waals surface area contributed by atoms with Gasteiger partial charge in [-0.25, -0.2) is 4.39 Å². The number of nitrogens with two attached hydrogens (primary N) is 1. The highest BCUT2D eigenvalue weighted by molar-refractivity contribution is 5.94. The minimum atomic E-state index is -0.512. The van der Waals surface area contributed by atoms with Crippen LogP contribution in [0.15, 0.2) is 48.5 Å². The third kappa shape index (κ3) is 5.42. The summed E-state index contributed by atoms with van der Waals surface area (Å²) in [5, 5.41) is 9.43. The maximum Gasteiger partial charge on any atom is 0.248 e. The van der Waals surface area contributed by atoms with Gasteiger partial charge in [0.05, 0.1) is 0 Å². The number of nitrogens with zero attached hydrogens (tertiary/aromatic N) is 2. The van der Waals surface area contributed by atoms with E-state index in [0.29, 0.717) is 43.1 Å². The summed E-state index contributed by atoms with van der Waals surface area (Å²) in [6.07, 6.45) is 4.80. The highest BCUT2D eigenvalue weighted by atomic mass is 19.1. The standard InChI is InChI=1S/C26H32FN3O3/c27-20-7-5-18(6-8-20)11-12-29(25(32)17-31)13-14-30-21-9-10-22(30)16-19(15-21)23-3-1-2-4-24(23)26(28)33/h1-8,19,21-22,31H,9-17H2,(H2,28,33). The number of rotatable bonds is 9. The van der Waals surface area contributed by atoms with Crippen molar-refractivity contribution in [1.29, 1.82) is 0 Å². The van der Waals surface area contributed by atoms with Crippen LogP contribution in [0.25, 0.3) is 0 Å². The number of hydrogen-bond donors (Lipinski definition) is 2. The Balaban J connectivity index is 1.37. The van der Waals surface area contributed by atoms with Crippen molar-refractivity contribution in [2.75, 3.05) is 26.2 Å². The second-order valence-corrected chi connectivity index (χ2v) is 9.16. The number of fused-ring (bicyclic) bond motifs is 2. The zero-order valence-electron chi connectivity index (χ0n) is 18.8. The molecule has 0 spiro atoms. The zero-order valence-corrected chi connectivity index (χ0v) is 18.8. The minimum Gasteiger partial charge on any atom is -0.387 e. The van der Waals surface area contributed by atoms with Gasteiger partial charge in [-0.3, -0.25) is 14.5 Å². The molecule has 0 aromatic heterocycles. The van der Waals surface area contributed by atoms with Gasteiger partial charge in [-0.15, -0.1) is 0 Å². The summed E-state index contributed by atoms with van der Waals surface area (Å²) < 4.78 is 13.1. The van der Waals surface area contributed by atoms with Crippen LogP contribution in [0, 0.1) is 5.82 Å². The van der Waals surface area contributed by atoms with Gasteiger partial charge >= 0.3 is 0 Å². The molecule has 2 bridgehead atoms. The fraction of sp³-hybridized carbons (Fsp3) is 0.462. The minimum absolute atomic E-state index is 0.278. The Kier molecular flexibility index (Phi) is 7.40. The molecular formula is C26H32FN3O3. The second kappa shape index (κ2) is 10.4. The predicted molar refractivity (Wildman–Crippen MR) is 124 cm³/mol. The van der Waals surface area contributed by atoms with E-state index in [1.54, 1.807) is 17.0 Å². The molecule has 33 heavy (non-hydrogen) atoms. The number of aliphatic hydroxyl groups is 1. The van der Waals surface area contributed by atoms with Crippen LogP contribution in [0.5, 0.6) is 0 Å². The molecule has 2 heterocycles. The van der Waals surface area contributed by atoms with Crippen molar-refractivity contribution in [2.45, 2.75) is 50.1 Å². The number of benzene rings is 2. The van der Waals surface area contributed by atoms with Gasteiger partial charge in [0.2, 0.25) is 11.8 Å². The lowest BCUT2D eigenvalue weighted by Crippen LogP contribution is -2.47. The lowest BCUT2D eigenvalue weighted by Gasteiger charge is -2.40. The molecule has 2 aliphatic heterocycles. The Morgan fingerprint density at radius 2 is 1.70 bits per heavy atom. The fourth-order valence-electron chi connectivity index (χ4n) is 5.58. The van der Waals surface area contributed by atoms with Crippen LogP contribution in [-0.2, 0) is 11.2 Å². The van der Waals surface area contributed by atoms with E-state index in [1.165, 1.54) is 12.1 Å². The molecule has 7 heteroatoms. The first-order valence-corrected chi connectivity index (χ1v) is 11.7. The largest absolute Gasteiger partial charge is 0.387 e. The monoisotopic (exact) mass is 453 g/mol. The molecule has 2 aromatic rings. The number of piperidine rings is 1. The predicted octanol–water partition coefficient (Wildman–Crippen LogP) is 2.70. The third-order valence-corrected chi connectivity index (χ3v) is 7.25. The molecule has 0 radical (unpaired) electrons. The fourth-order valence-corrected chi connectivity index (χ4v) is 5.58. The van der Waals surface area contributed by atoms with Gasteiger partial charge in [0.15, 0.2) is 0 Å². The van der Waals surface area contributed by atoms with Crippen LogP contribution in [0.2, 0.25) is 0 Å². The van der Waals surface area contributed by atoms with Crippen molar-refractivity contribution in [3.8, 4) is 0 Å². The average Bonchev–Trinajstić information content (AvgIpc) is 3.06. The van der Waals surface area contributed by atoms with Crippen molar-refractivity contribution in [3.05, 3.63) is 71.0 Å². The molecule has 0 saturated carbocycles. The van der Waals surface area contributed by atoms with Crippen LogP contribution in [0.3, 0.4) is 0 Å². The molecule has 2 saturated heterocycles. The molecule has 2 fully saturated rings. The highest BCUT2D eigenvalue weighted by Crippen LogP contribution is 2.43. The van der Waals surface area contributed by atoms with Gasteiger partial charge in [0.25, 0.3) is 0 Å². The molecule has 2 aliphatic rings. The van der Waals surface area contributed by atoms with Gasteiger partial charge in [0.1, 0.15) is 12.4 Å². The number of carbonyl (C=O) groups is 2. The normalized spacial score (nSPS) is 22.3. The van der Waals surface area contributed by atoms with Gasteiger partial charge < -0.3 is 15.7 Å². The summed E-state index contributed by atoms with van der Waals surface area (Å²) in [6.45, 7) is 1.29. The first-order chi connectivity index (χ1) is 16.0. The van der Waals surface area contributed by atoms with Gasteiger partial charge in [-0.2, -0.15) is 0 Å². The second-order valence-electron chi connectivity index (χ2n) is 9.16. The summed E-state index contributed by atoms with van der Waals surface area (Å²) in [6, 6.07) is 14.8. The molecular weight excluding hydrogens is 421 g/mol. The smallest absolute Gasteiger partial charge is 0.248 e. The molecule has 3 N–H and O–H groups in total. The Bertz CT molecular complexity index is 967. The Morgan fingerprint density at radius 3 is 2.33 bits per heavy atom. The zero-order chi connectivity index (χ0) is 23.4. The van der Waals surface area contributed by atoms with Crippen LogP contribution >= 0.6 is 0 Å². The maximum absolute atomic E-state index is 13.1. The molecule has 6 nitrogen and oxygen atoms in total. The highest BCUT2D eigenvalue weighted by Gasteiger charge is 2.41. The Labute approximate surface area is 194 Å². The van der Waals surface area contributed by atoms with E-state index in [9.17, 15) is 19.1 Å². The molecule has 2 unspecified atom stereocenters. The average molecular weight is 454 g/mol. The van der Waals surface area contributed by atoms with Crippen LogP contribution < -0.4 is 5.73 Å². The number of aliphatic hydroxyl groups excluding tert-OH is 1. The van der Waals surface area contributed by atoms with E-state index in [4.69, 9.17) is 5.73 Å². The van der Waals surface area contributed by atoms with E-state index in [0.717, 1.165) is 43.4 Å². The summed E-state index contributed by atoms with van der Waals surface area (Å²) in [7, 11) is 0. The van der Waals surface area contributed by atoms with Crippen LogP contribution in [-0.4, -0.2) is 65.0 Å². The molecule has 0 aliphatic carbocycles. The van der Waals surface area contributed by atoms with E-state index in [1.807, 2.05) is 24.3 Å². The summed E-state index contributed by atoms with van der Waals surface area (Å²) in [4.78, 5) is 28.4. The molecule has 2 atom stereocenters. The maximum atomic E-state index is 13.1.